The molecule has 1 aromatic carbocycles. The summed E-state index contributed by atoms with van der Waals surface area (Å²) >= 11 is 0. The van der Waals surface area contributed by atoms with E-state index in [0.29, 0.717) is 0 Å². The van der Waals surface area contributed by atoms with Gasteiger partial charge in [0, 0.05) is 5.54 Å². The van der Waals surface area contributed by atoms with Crippen LogP contribution in [0, 0.1) is 11.8 Å². The zero-order chi connectivity index (χ0) is 15.5. The van der Waals surface area contributed by atoms with Gasteiger partial charge in [-0.15, -0.1) is 0 Å². The third-order valence-corrected chi connectivity index (χ3v) is 4.88. The van der Waals surface area contributed by atoms with Gasteiger partial charge < -0.3 is 10.5 Å². The van der Waals surface area contributed by atoms with E-state index in [1.54, 1.807) is 0 Å². The molecule has 1 saturated carbocycles. The largest absolute Gasteiger partial charge is 0.491 e. The molecule has 2 N–H and O–H groups in total. The van der Waals surface area contributed by atoms with Gasteiger partial charge in [-0.05, 0) is 62.6 Å². The second kappa shape index (κ2) is 6.83. The van der Waals surface area contributed by atoms with E-state index < -0.39 is 0 Å². The van der Waals surface area contributed by atoms with Gasteiger partial charge in [0.25, 0.3) is 0 Å². The van der Waals surface area contributed by atoms with Crippen LogP contribution in [0.1, 0.15) is 65.4 Å². The Morgan fingerprint density at radius 3 is 2.57 bits per heavy atom. The number of rotatable bonds is 4. The molecule has 21 heavy (non-hydrogen) atoms. The van der Waals surface area contributed by atoms with Crippen LogP contribution in [0.3, 0.4) is 0 Å². The topological polar surface area (TPSA) is 35.2 Å². The van der Waals surface area contributed by atoms with Crippen molar-refractivity contribution in [3.63, 3.8) is 0 Å². The summed E-state index contributed by atoms with van der Waals surface area (Å²) in [6.45, 7) is 8.80. The monoisotopic (exact) mass is 289 g/mol. The Morgan fingerprint density at radius 2 is 1.90 bits per heavy atom. The van der Waals surface area contributed by atoms with Crippen molar-refractivity contribution in [1.29, 1.82) is 0 Å². The van der Waals surface area contributed by atoms with Gasteiger partial charge in [-0.3, -0.25) is 0 Å². The first-order valence-electron chi connectivity index (χ1n) is 8.47. The van der Waals surface area contributed by atoms with Gasteiger partial charge in [0.2, 0.25) is 0 Å². The molecular formula is C19H31NO. The average molecular weight is 289 g/mol. The van der Waals surface area contributed by atoms with Gasteiger partial charge in [0.1, 0.15) is 5.75 Å². The lowest BCUT2D eigenvalue weighted by molar-refractivity contribution is 0.241. The second-order valence-corrected chi connectivity index (χ2v) is 7.29. The molecule has 2 nitrogen and oxygen atoms in total. The number of hydrogen-bond acceptors (Lipinski definition) is 2. The predicted molar refractivity (Wildman–Crippen MR) is 89.5 cm³/mol. The Balaban J connectivity index is 2.15. The molecule has 0 spiro atoms. The van der Waals surface area contributed by atoms with Crippen LogP contribution in [0.15, 0.2) is 24.3 Å². The third-order valence-electron chi connectivity index (χ3n) is 4.88. The van der Waals surface area contributed by atoms with Crippen LogP contribution in [0.2, 0.25) is 0 Å². The molecule has 0 aromatic heterocycles. The van der Waals surface area contributed by atoms with Gasteiger partial charge in [-0.2, -0.15) is 0 Å². The molecule has 1 aliphatic rings. The Labute approximate surface area is 130 Å². The second-order valence-electron chi connectivity index (χ2n) is 7.29. The van der Waals surface area contributed by atoms with Crippen molar-refractivity contribution in [3.8, 4) is 5.75 Å². The number of hydrogen-bond donors (Lipinski definition) is 1. The fourth-order valence-electron chi connectivity index (χ4n) is 3.50. The van der Waals surface area contributed by atoms with Gasteiger partial charge >= 0.3 is 0 Å². The van der Waals surface area contributed by atoms with Crippen molar-refractivity contribution in [2.75, 3.05) is 0 Å². The Kier molecular flexibility index (Phi) is 5.32. The molecule has 2 rings (SSSR count). The maximum atomic E-state index is 6.79. The van der Waals surface area contributed by atoms with E-state index in [-0.39, 0.29) is 11.6 Å². The van der Waals surface area contributed by atoms with Gasteiger partial charge in [0.05, 0.1) is 6.10 Å². The minimum atomic E-state index is -0.181. The molecule has 1 aliphatic carbocycles. The van der Waals surface area contributed by atoms with Crippen LogP contribution in [-0.4, -0.2) is 6.10 Å². The zero-order valence-electron chi connectivity index (χ0n) is 14.1. The minimum absolute atomic E-state index is 0.181. The van der Waals surface area contributed by atoms with E-state index in [1.165, 1.54) is 24.8 Å². The third kappa shape index (κ3) is 4.23. The van der Waals surface area contributed by atoms with E-state index in [4.69, 9.17) is 10.5 Å². The lowest BCUT2D eigenvalue weighted by atomic mass is 9.82. The van der Waals surface area contributed by atoms with Gasteiger partial charge in [0.15, 0.2) is 0 Å². The lowest BCUT2D eigenvalue weighted by Gasteiger charge is -2.29. The maximum Gasteiger partial charge on any atom is 0.120 e. The van der Waals surface area contributed by atoms with Crippen LogP contribution in [0.25, 0.3) is 0 Å². The Hall–Kier alpha value is -1.02. The fraction of sp³-hybridized carbons (Fsp3) is 0.684. The number of benzene rings is 1. The first kappa shape index (κ1) is 16.4. The predicted octanol–water partition coefficient (Wildman–Crippen LogP) is 4.86. The first-order valence-corrected chi connectivity index (χ1v) is 8.47. The Morgan fingerprint density at radius 1 is 1.14 bits per heavy atom. The van der Waals surface area contributed by atoms with Crippen LogP contribution in [-0.2, 0) is 5.54 Å². The molecule has 2 atom stereocenters. The molecule has 0 saturated heterocycles. The number of ether oxygens (including phenoxy) is 1. The smallest absolute Gasteiger partial charge is 0.120 e. The van der Waals surface area contributed by atoms with Crippen molar-refractivity contribution in [2.24, 2.45) is 17.6 Å². The van der Waals surface area contributed by atoms with E-state index in [1.807, 2.05) is 6.07 Å². The van der Waals surface area contributed by atoms with Crippen LogP contribution in [0.4, 0.5) is 0 Å². The molecule has 0 heterocycles. The van der Waals surface area contributed by atoms with Crippen LogP contribution in [0.5, 0.6) is 5.75 Å². The van der Waals surface area contributed by atoms with E-state index >= 15 is 0 Å². The highest BCUT2D eigenvalue weighted by Gasteiger charge is 2.32. The molecule has 0 bridgehead atoms. The summed E-state index contributed by atoms with van der Waals surface area (Å²) in [5.74, 6) is 2.53. The van der Waals surface area contributed by atoms with Crippen molar-refractivity contribution in [3.05, 3.63) is 29.8 Å². The average Bonchev–Trinajstić information content (AvgIpc) is 2.61. The van der Waals surface area contributed by atoms with Crippen molar-refractivity contribution in [2.45, 2.75) is 71.4 Å². The standard InChI is InChI=1S/C19H31NO/c1-14(2)16-7-6-11-19(20,12-10-16)17-8-5-9-18(13-17)21-15(3)4/h5,8-9,13-16H,6-7,10-12,20H2,1-4H3. The molecular weight excluding hydrogens is 258 g/mol. The maximum absolute atomic E-state index is 6.79. The summed E-state index contributed by atoms with van der Waals surface area (Å²) in [5.41, 5.74) is 7.85. The first-order chi connectivity index (χ1) is 9.90. The molecule has 0 radical (unpaired) electrons. The molecule has 118 valence electrons. The van der Waals surface area contributed by atoms with Gasteiger partial charge in [-0.1, -0.05) is 38.8 Å². The molecule has 2 unspecified atom stereocenters. The zero-order valence-corrected chi connectivity index (χ0v) is 14.1. The normalized spacial score (nSPS) is 26.9. The summed E-state index contributed by atoms with van der Waals surface area (Å²) in [5, 5.41) is 0. The van der Waals surface area contributed by atoms with E-state index in [9.17, 15) is 0 Å². The summed E-state index contributed by atoms with van der Waals surface area (Å²) in [6, 6.07) is 8.42. The molecule has 1 fully saturated rings. The quantitative estimate of drug-likeness (QED) is 0.803. The van der Waals surface area contributed by atoms with Gasteiger partial charge in [-0.25, -0.2) is 0 Å². The summed E-state index contributed by atoms with van der Waals surface area (Å²) in [4.78, 5) is 0. The number of nitrogens with two attached hydrogens (primary N) is 1. The highest BCUT2D eigenvalue weighted by atomic mass is 16.5. The highest BCUT2D eigenvalue weighted by Crippen LogP contribution is 2.39. The Bertz CT molecular complexity index is 455. The van der Waals surface area contributed by atoms with Crippen molar-refractivity contribution in [1.82, 2.24) is 0 Å². The summed E-state index contributed by atoms with van der Waals surface area (Å²) < 4.78 is 5.83. The minimum Gasteiger partial charge on any atom is -0.491 e. The molecule has 0 aliphatic heterocycles. The van der Waals surface area contributed by atoms with Crippen molar-refractivity contribution >= 4 is 0 Å². The van der Waals surface area contributed by atoms with Crippen LogP contribution < -0.4 is 10.5 Å². The molecule has 2 heteroatoms. The lowest BCUT2D eigenvalue weighted by Crippen LogP contribution is -2.36. The van der Waals surface area contributed by atoms with Crippen LogP contribution >= 0.6 is 0 Å². The molecule has 1 aromatic rings. The highest BCUT2D eigenvalue weighted by molar-refractivity contribution is 5.33. The molecule has 0 amide bonds. The summed E-state index contributed by atoms with van der Waals surface area (Å²) in [6.07, 6.45) is 6.16. The van der Waals surface area contributed by atoms with E-state index in [2.05, 4.69) is 45.9 Å². The SMILES string of the molecule is CC(C)Oc1cccc(C2(N)CCCC(C(C)C)CC2)c1. The van der Waals surface area contributed by atoms with Crippen molar-refractivity contribution < 1.29 is 4.74 Å². The van der Waals surface area contributed by atoms with E-state index in [0.717, 1.165) is 30.4 Å². The summed E-state index contributed by atoms with van der Waals surface area (Å²) in [7, 11) is 0. The fourth-order valence-corrected chi connectivity index (χ4v) is 3.50.